The Morgan fingerprint density at radius 2 is 1.93 bits per heavy atom. The van der Waals surface area contributed by atoms with Crippen molar-refractivity contribution in [1.82, 2.24) is 0 Å². The van der Waals surface area contributed by atoms with Gasteiger partial charge in [-0.25, -0.2) is 0 Å². The van der Waals surface area contributed by atoms with E-state index in [4.69, 9.17) is 13.9 Å². The summed E-state index contributed by atoms with van der Waals surface area (Å²) in [6, 6.07) is 0. The maximum absolute atomic E-state index is 13.5. The van der Waals surface area contributed by atoms with Crippen molar-refractivity contribution in [2.45, 2.75) is 72.2 Å². The highest BCUT2D eigenvalue weighted by atomic mass is 16.6. The van der Waals surface area contributed by atoms with Gasteiger partial charge in [0.1, 0.15) is 12.2 Å². The second-order valence-electron chi connectivity index (χ2n) is 8.59. The summed E-state index contributed by atoms with van der Waals surface area (Å²) in [6.45, 7) is 10.1. The van der Waals surface area contributed by atoms with Crippen molar-refractivity contribution in [2.75, 3.05) is 0 Å². The summed E-state index contributed by atoms with van der Waals surface area (Å²) in [5.74, 6) is -2.27. The molecule has 1 N–H and O–H groups in total. The lowest BCUT2D eigenvalue weighted by atomic mass is 9.50. The van der Waals surface area contributed by atoms with E-state index < -0.39 is 46.9 Å². The van der Waals surface area contributed by atoms with E-state index in [-0.39, 0.29) is 11.7 Å². The minimum Gasteiger partial charge on any atom is -0.460 e. The Balaban J connectivity index is 2.21. The summed E-state index contributed by atoms with van der Waals surface area (Å²) in [7, 11) is 0. The normalized spacial score (nSPS) is 34.6. The molecular weight excluding hydrogens is 364 g/mol. The summed E-state index contributed by atoms with van der Waals surface area (Å²) in [5.41, 5.74) is -2.09. The van der Waals surface area contributed by atoms with Crippen molar-refractivity contribution in [3.63, 3.8) is 0 Å². The van der Waals surface area contributed by atoms with Crippen LogP contribution < -0.4 is 0 Å². The summed E-state index contributed by atoms with van der Waals surface area (Å²) < 4.78 is 16.7. The molecule has 0 bridgehead atoms. The van der Waals surface area contributed by atoms with E-state index in [1.165, 1.54) is 13.2 Å². The van der Waals surface area contributed by atoms with Crippen LogP contribution >= 0.6 is 0 Å². The highest BCUT2D eigenvalue weighted by Crippen LogP contribution is 2.61. The van der Waals surface area contributed by atoms with Crippen molar-refractivity contribution in [3.8, 4) is 0 Å². The fourth-order valence-corrected chi connectivity index (χ4v) is 4.68. The molecule has 1 fully saturated rings. The predicted molar refractivity (Wildman–Crippen MR) is 98.5 cm³/mol. The first-order valence-corrected chi connectivity index (χ1v) is 9.69. The number of aryl methyl sites for hydroxylation is 1. The molecule has 7 nitrogen and oxygen atoms in total. The van der Waals surface area contributed by atoms with Crippen LogP contribution in [0.1, 0.15) is 75.2 Å². The molecule has 1 saturated carbocycles. The van der Waals surface area contributed by atoms with Gasteiger partial charge in [-0.05, 0) is 31.2 Å². The van der Waals surface area contributed by atoms with E-state index in [9.17, 15) is 19.5 Å². The van der Waals surface area contributed by atoms with Crippen LogP contribution in [0.25, 0.3) is 0 Å². The summed E-state index contributed by atoms with van der Waals surface area (Å²) in [6.07, 6.45) is 0.415. The van der Waals surface area contributed by atoms with E-state index in [0.29, 0.717) is 24.0 Å². The smallest absolute Gasteiger partial charge is 0.308 e. The Bertz CT molecular complexity index is 823. The SMILES string of the molecule is CC(=O)OC1c2c(C)coc2C(=O)C2(O)C(OC(=O)C(C)C)CCC(C)C12C. The molecule has 2 aliphatic carbocycles. The second-order valence-corrected chi connectivity index (χ2v) is 8.59. The van der Waals surface area contributed by atoms with Gasteiger partial charge in [-0.2, -0.15) is 0 Å². The van der Waals surface area contributed by atoms with E-state index in [0.717, 1.165) is 0 Å². The highest BCUT2D eigenvalue weighted by Gasteiger charge is 2.71. The van der Waals surface area contributed by atoms with Gasteiger partial charge in [0.25, 0.3) is 0 Å². The highest BCUT2D eigenvalue weighted by molar-refractivity contribution is 6.04. The number of aliphatic hydroxyl groups is 1. The minimum atomic E-state index is -2.06. The van der Waals surface area contributed by atoms with Crippen LogP contribution in [0.4, 0.5) is 0 Å². The van der Waals surface area contributed by atoms with E-state index >= 15 is 0 Å². The van der Waals surface area contributed by atoms with Gasteiger partial charge < -0.3 is 19.0 Å². The molecule has 0 amide bonds. The maximum Gasteiger partial charge on any atom is 0.308 e. The number of carbonyl (C=O) groups is 3. The van der Waals surface area contributed by atoms with E-state index in [1.54, 1.807) is 27.7 Å². The molecule has 1 aromatic heterocycles. The number of esters is 2. The third kappa shape index (κ3) is 2.63. The minimum absolute atomic E-state index is 0.0385. The van der Waals surface area contributed by atoms with Gasteiger partial charge in [0.05, 0.1) is 17.6 Å². The average Bonchev–Trinajstić information content (AvgIpc) is 2.99. The predicted octanol–water partition coefficient (Wildman–Crippen LogP) is 3.12. The Kier molecular flexibility index (Phi) is 4.94. The lowest BCUT2D eigenvalue weighted by Crippen LogP contribution is -2.70. The molecule has 0 aromatic carbocycles. The molecule has 28 heavy (non-hydrogen) atoms. The largest absolute Gasteiger partial charge is 0.460 e. The molecule has 0 spiro atoms. The van der Waals surface area contributed by atoms with Crippen molar-refractivity contribution < 1.29 is 33.4 Å². The quantitative estimate of drug-likeness (QED) is 0.788. The van der Waals surface area contributed by atoms with Crippen molar-refractivity contribution in [3.05, 3.63) is 23.2 Å². The van der Waals surface area contributed by atoms with Crippen LogP contribution in [0.15, 0.2) is 10.7 Å². The monoisotopic (exact) mass is 392 g/mol. The Labute approximate surface area is 164 Å². The first-order chi connectivity index (χ1) is 13.0. The van der Waals surface area contributed by atoms with Crippen LogP contribution in [0.5, 0.6) is 0 Å². The number of ketones is 1. The number of furan rings is 1. The van der Waals surface area contributed by atoms with E-state index in [2.05, 4.69) is 0 Å². The van der Waals surface area contributed by atoms with Crippen molar-refractivity contribution in [2.24, 2.45) is 17.3 Å². The molecule has 7 heteroatoms. The first kappa shape index (κ1) is 20.6. The van der Waals surface area contributed by atoms with Crippen LogP contribution in [0.2, 0.25) is 0 Å². The maximum atomic E-state index is 13.5. The molecule has 5 unspecified atom stereocenters. The fraction of sp³-hybridized carbons (Fsp3) is 0.667. The Morgan fingerprint density at radius 3 is 2.50 bits per heavy atom. The number of rotatable bonds is 3. The second kappa shape index (κ2) is 6.72. The number of fused-ring (bicyclic) bond motifs is 2. The van der Waals surface area contributed by atoms with Gasteiger partial charge in [0, 0.05) is 12.5 Å². The number of hydrogen-bond acceptors (Lipinski definition) is 7. The topological polar surface area (TPSA) is 103 Å². The van der Waals surface area contributed by atoms with Crippen molar-refractivity contribution in [1.29, 1.82) is 0 Å². The van der Waals surface area contributed by atoms with Crippen LogP contribution in [0, 0.1) is 24.2 Å². The molecule has 0 saturated heterocycles. The van der Waals surface area contributed by atoms with Gasteiger partial charge >= 0.3 is 11.9 Å². The Morgan fingerprint density at radius 1 is 1.29 bits per heavy atom. The van der Waals surface area contributed by atoms with Gasteiger partial charge in [-0.3, -0.25) is 14.4 Å². The van der Waals surface area contributed by atoms with Gasteiger partial charge in [0.15, 0.2) is 11.4 Å². The molecule has 0 radical (unpaired) electrons. The molecule has 1 heterocycles. The molecule has 154 valence electrons. The third-order valence-corrected chi connectivity index (χ3v) is 6.57. The lowest BCUT2D eigenvalue weighted by Gasteiger charge is -2.58. The summed E-state index contributed by atoms with van der Waals surface area (Å²) in [5, 5.41) is 11.8. The van der Waals surface area contributed by atoms with Crippen LogP contribution in [0.3, 0.4) is 0 Å². The Hall–Kier alpha value is -2.15. The first-order valence-electron chi connectivity index (χ1n) is 9.69. The number of ether oxygens (including phenoxy) is 2. The van der Waals surface area contributed by atoms with Crippen LogP contribution in [-0.2, 0) is 19.1 Å². The van der Waals surface area contributed by atoms with E-state index in [1.807, 2.05) is 6.92 Å². The van der Waals surface area contributed by atoms with Crippen LogP contribution in [-0.4, -0.2) is 34.5 Å². The standard InChI is InChI=1S/C21H28O7/c1-10(2)19(24)28-14-8-7-12(4)20(6)18(27-13(5)22)15-11(3)9-26-16(15)17(23)21(14,20)25/h9-10,12,14,18,25H,7-8H2,1-6H3. The molecular formula is C21H28O7. The number of hydrogen-bond donors (Lipinski definition) is 1. The lowest BCUT2D eigenvalue weighted by molar-refractivity contribution is -0.231. The molecule has 5 atom stereocenters. The number of carbonyl (C=O) groups excluding carboxylic acids is 3. The van der Waals surface area contributed by atoms with Gasteiger partial charge in [-0.1, -0.05) is 27.7 Å². The zero-order chi connectivity index (χ0) is 21.0. The molecule has 3 rings (SSSR count). The molecule has 0 aliphatic heterocycles. The zero-order valence-electron chi connectivity index (χ0n) is 17.2. The third-order valence-electron chi connectivity index (χ3n) is 6.57. The molecule has 1 aromatic rings. The van der Waals surface area contributed by atoms with Gasteiger partial charge in [0.2, 0.25) is 5.78 Å². The summed E-state index contributed by atoms with van der Waals surface area (Å²) >= 11 is 0. The van der Waals surface area contributed by atoms with Gasteiger partial charge in [-0.15, -0.1) is 0 Å². The summed E-state index contributed by atoms with van der Waals surface area (Å²) in [4.78, 5) is 37.6. The average molecular weight is 392 g/mol. The zero-order valence-corrected chi connectivity index (χ0v) is 17.2. The van der Waals surface area contributed by atoms with Crippen molar-refractivity contribution >= 4 is 17.7 Å². The number of Topliss-reactive ketones (excluding diaryl/α,β-unsaturated/α-hetero) is 1. The molecule has 2 aliphatic rings. The fourth-order valence-electron chi connectivity index (χ4n) is 4.68.